The van der Waals surface area contributed by atoms with Crippen LogP contribution in [0.15, 0.2) is 30.6 Å². The zero-order chi connectivity index (χ0) is 51.5. The van der Waals surface area contributed by atoms with Crippen LogP contribution in [0.1, 0.15) is 101 Å². The van der Waals surface area contributed by atoms with Crippen molar-refractivity contribution in [3.05, 3.63) is 64.5 Å². The summed E-state index contributed by atoms with van der Waals surface area (Å²) in [4.78, 5) is 43.7. The minimum Gasteiger partial charge on any atom is -0.654 e. The summed E-state index contributed by atoms with van der Waals surface area (Å²) in [5.41, 5.74) is 12.4. The summed E-state index contributed by atoms with van der Waals surface area (Å²) in [6.45, 7) is 16.3. The van der Waals surface area contributed by atoms with E-state index in [1.54, 1.807) is 26.6 Å². The van der Waals surface area contributed by atoms with Crippen LogP contribution >= 0.6 is 0 Å². The molecule has 3 aromatic rings. The van der Waals surface area contributed by atoms with Gasteiger partial charge in [0.25, 0.3) is 11.9 Å². The number of carbonyl (C=O) groups is 2. The predicted molar refractivity (Wildman–Crippen MR) is 269 cm³/mol. The van der Waals surface area contributed by atoms with Crippen LogP contribution in [0.2, 0.25) is 0 Å². The SMILES string of the molecule is CC(=O)O.CC(=O)O.CCc1c(CC)c2[n-]c1cc1nc(cnc3cc(OCCOCCOCCOC)c(OCCOCCOCCOC)cc3ncc3nc4c2OCCCC4=C3C)C(C)=C1CCCO.[Lu]. The van der Waals surface area contributed by atoms with Crippen molar-refractivity contribution in [3.63, 3.8) is 0 Å². The van der Waals surface area contributed by atoms with Gasteiger partial charge >= 0.3 is 0 Å². The van der Waals surface area contributed by atoms with Crippen molar-refractivity contribution in [1.29, 1.82) is 0 Å². The normalized spacial score (nSPS) is 12.6. The number of nitrogens with zero attached hydrogens (tertiary/aromatic N) is 5. The Bertz CT molecular complexity index is 2460. The van der Waals surface area contributed by atoms with Gasteiger partial charge in [0.1, 0.15) is 24.7 Å². The summed E-state index contributed by atoms with van der Waals surface area (Å²) in [5, 5.41) is 24.7. The van der Waals surface area contributed by atoms with Crippen LogP contribution < -0.4 is 19.2 Å². The molecule has 5 heterocycles. The molecule has 0 atom stereocenters. The Balaban J connectivity index is 0.00000141. The number of aliphatic hydroxyl groups is 1. The molecule has 1 radical (unpaired) electrons. The number of allylic oxidation sites excluding steroid dienone is 4. The van der Waals surface area contributed by atoms with Crippen LogP contribution in [-0.2, 0) is 50.9 Å². The van der Waals surface area contributed by atoms with E-state index in [0.717, 1.165) is 95.5 Å². The Labute approximate surface area is 451 Å². The molecule has 19 nitrogen and oxygen atoms in total. The van der Waals surface area contributed by atoms with Crippen LogP contribution in [0.25, 0.3) is 44.4 Å². The maximum Gasteiger partial charge on any atom is 0.300 e. The first kappa shape index (κ1) is 61.7. The number of hydrogen-bond acceptors (Lipinski definition) is 16. The molecule has 0 aliphatic carbocycles. The number of aliphatic hydroxyl groups excluding tert-OH is 1. The maximum atomic E-state index is 9.88. The molecule has 0 fully saturated rings. The molecule has 3 aliphatic rings. The molecule has 6 rings (SSSR count). The van der Waals surface area contributed by atoms with Gasteiger partial charge in [0.15, 0.2) is 11.5 Å². The molecule has 0 saturated carbocycles. The minimum atomic E-state index is -0.833. The van der Waals surface area contributed by atoms with E-state index in [9.17, 15) is 5.11 Å². The molecular formula is C52H72LuN5O14-. The monoisotopic (exact) mass is 1170 g/mol. The van der Waals surface area contributed by atoms with E-state index >= 15 is 0 Å². The molecule has 0 unspecified atom stereocenters. The Morgan fingerprint density at radius 2 is 1.17 bits per heavy atom. The Kier molecular flexibility index (Phi) is 29.2. The molecule has 3 aliphatic heterocycles. The molecule has 1 aromatic carbocycles. The zero-order valence-corrected chi connectivity index (χ0v) is 44.5. The zero-order valence-electron chi connectivity index (χ0n) is 42.9. The topological polar surface area (TPSA) is 244 Å². The summed E-state index contributed by atoms with van der Waals surface area (Å²) in [6, 6.07) is 5.75. The van der Waals surface area contributed by atoms with Crippen molar-refractivity contribution in [3.8, 4) is 17.2 Å². The van der Waals surface area contributed by atoms with Gasteiger partial charge in [-0.2, -0.15) is 0 Å². The first-order valence-corrected chi connectivity index (χ1v) is 24.0. The number of carboxylic acids is 2. The number of hydrogen-bond donors (Lipinski definition) is 3. The largest absolute Gasteiger partial charge is 0.654 e. The van der Waals surface area contributed by atoms with Gasteiger partial charge in [-0.15, -0.1) is 5.52 Å². The van der Waals surface area contributed by atoms with Gasteiger partial charge in [-0.3, -0.25) is 19.6 Å². The number of aliphatic carboxylic acids is 2. The second-order valence-corrected chi connectivity index (χ2v) is 16.2. The predicted octanol–water partition coefficient (Wildman–Crippen LogP) is 7.20. The van der Waals surface area contributed by atoms with Crippen molar-refractivity contribution >= 4 is 56.3 Å². The smallest absolute Gasteiger partial charge is 0.300 e. The van der Waals surface area contributed by atoms with Gasteiger partial charge in [-0.25, -0.2) is 9.97 Å². The number of carboxylic acid groups (broad SMARTS) is 2. The van der Waals surface area contributed by atoms with E-state index in [1.807, 2.05) is 12.1 Å². The van der Waals surface area contributed by atoms with Gasteiger partial charge in [0.2, 0.25) is 0 Å². The standard InChI is InChI=1S/C48H64N5O10.2C2H4O2.Lu/c1-7-34-35(8-2)46-48-47-37(12-10-14-63-48)33(4)43(53-47)31-50-41-29-45(62-26-24-60-22-20-58-18-16-56-6)44(61-25-23-59-21-19-57-17-15-55-5)28-40(41)49-30-42-32(3)36(11-9-13-54)39(51-42)27-38(34)52-46;2*1-2(3)4;/h27-31,54H,7-26H2,1-6H3;2*1H3,(H,3,4);/q-1;;;. The molecule has 6 bridgehead atoms. The molecule has 0 amide bonds. The van der Waals surface area contributed by atoms with Crippen LogP contribution in [0, 0.1) is 36.9 Å². The fourth-order valence-corrected chi connectivity index (χ4v) is 7.69. The molecular weight excluding hydrogens is 1090 g/mol. The second-order valence-electron chi connectivity index (χ2n) is 16.2. The van der Waals surface area contributed by atoms with Gasteiger partial charge < -0.3 is 62.9 Å². The van der Waals surface area contributed by atoms with E-state index in [2.05, 4.69) is 33.8 Å². The number of aromatic nitrogens is 5. The molecule has 20 heteroatoms. The maximum absolute atomic E-state index is 9.88. The van der Waals surface area contributed by atoms with E-state index in [4.69, 9.17) is 87.4 Å². The second kappa shape index (κ2) is 34.0. The summed E-state index contributed by atoms with van der Waals surface area (Å²) in [7, 11) is 3.28. The van der Waals surface area contributed by atoms with Gasteiger partial charge in [-0.05, 0) is 74.7 Å². The van der Waals surface area contributed by atoms with Gasteiger partial charge in [0.05, 0.1) is 113 Å². The third-order valence-corrected chi connectivity index (χ3v) is 11.0. The van der Waals surface area contributed by atoms with Crippen LogP contribution in [0.3, 0.4) is 0 Å². The quantitative estimate of drug-likeness (QED) is 0.0710. The van der Waals surface area contributed by atoms with Crippen molar-refractivity contribution < 1.29 is 104 Å². The van der Waals surface area contributed by atoms with Crippen LogP contribution in [0.5, 0.6) is 17.2 Å². The Morgan fingerprint density at radius 1 is 0.681 bits per heavy atom. The third-order valence-electron chi connectivity index (χ3n) is 11.0. The van der Waals surface area contributed by atoms with E-state index < -0.39 is 11.9 Å². The third kappa shape index (κ3) is 19.4. The molecule has 0 spiro atoms. The summed E-state index contributed by atoms with van der Waals surface area (Å²) in [6.07, 6.45) is 8.08. The average molecular weight is 1170 g/mol. The average Bonchev–Trinajstić information content (AvgIpc) is 3.89. The van der Waals surface area contributed by atoms with Crippen molar-refractivity contribution in [2.75, 3.05) is 107 Å². The number of aryl methyl sites for hydroxylation is 2. The summed E-state index contributed by atoms with van der Waals surface area (Å²) < 4.78 is 51.9. The first-order valence-electron chi connectivity index (χ1n) is 24.0. The molecule has 0 saturated heterocycles. The number of rotatable bonds is 25. The van der Waals surface area contributed by atoms with Gasteiger partial charge in [-0.1, -0.05) is 36.6 Å². The number of methoxy groups -OCH3 is 2. The first-order chi connectivity index (χ1) is 34.4. The van der Waals surface area contributed by atoms with E-state index in [1.165, 1.54) is 5.56 Å². The van der Waals surface area contributed by atoms with Crippen LogP contribution in [-0.4, -0.2) is 154 Å². The molecule has 3 N–H and O–H groups in total. The van der Waals surface area contributed by atoms with Crippen molar-refractivity contribution in [1.82, 2.24) is 24.9 Å². The molecule has 2 aromatic heterocycles. The Morgan fingerprint density at radius 3 is 1.65 bits per heavy atom. The molecule has 405 valence electrons. The molecule has 72 heavy (non-hydrogen) atoms. The van der Waals surface area contributed by atoms with Gasteiger partial charge in [0, 0.05) is 83.7 Å². The number of ether oxygens (including phenoxy) is 9. The fraction of sp³-hybridized carbons (Fsp3) is 0.538. The number of benzene rings is 1. The van der Waals surface area contributed by atoms with Crippen LogP contribution in [0.4, 0.5) is 0 Å². The van der Waals surface area contributed by atoms with E-state index in [0.29, 0.717) is 119 Å². The fourth-order valence-electron chi connectivity index (χ4n) is 7.69. The summed E-state index contributed by atoms with van der Waals surface area (Å²) >= 11 is 0. The van der Waals surface area contributed by atoms with E-state index in [-0.39, 0.29) is 56.7 Å². The van der Waals surface area contributed by atoms with Crippen molar-refractivity contribution in [2.24, 2.45) is 0 Å². The van der Waals surface area contributed by atoms with Crippen molar-refractivity contribution in [2.45, 2.75) is 80.1 Å². The number of fused-ring (bicyclic) bond motifs is 7. The Hall–Kier alpha value is -4.57. The summed E-state index contributed by atoms with van der Waals surface area (Å²) in [5.74, 6) is -0.00691. The minimum absolute atomic E-state index is 0.